The molecule has 2 aliphatic rings. The minimum Gasteiger partial charge on any atom is -0.356 e. The summed E-state index contributed by atoms with van der Waals surface area (Å²) in [5.74, 6) is 2.87. The fourth-order valence-corrected chi connectivity index (χ4v) is 4.04. The van der Waals surface area contributed by atoms with Crippen molar-refractivity contribution < 1.29 is 0 Å². The predicted octanol–water partition coefficient (Wildman–Crippen LogP) is 3.86. The SMILES string of the molecule is CN=C(NCCCC1CCCCC1)NCCC1CCN(C)CC1.I. The fraction of sp³-hybridized carbons (Fsp3) is 0.947. The van der Waals surface area contributed by atoms with Crippen LogP contribution in [-0.2, 0) is 0 Å². The van der Waals surface area contributed by atoms with Crippen LogP contribution in [0.4, 0.5) is 0 Å². The van der Waals surface area contributed by atoms with Gasteiger partial charge in [0.25, 0.3) is 0 Å². The second-order valence-corrected chi connectivity index (χ2v) is 7.61. The van der Waals surface area contributed by atoms with E-state index in [9.17, 15) is 0 Å². The van der Waals surface area contributed by atoms with Crippen molar-refractivity contribution in [3.05, 3.63) is 0 Å². The maximum absolute atomic E-state index is 4.35. The molecule has 24 heavy (non-hydrogen) atoms. The van der Waals surface area contributed by atoms with Crippen LogP contribution in [0.3, 0.4) is 0 Å². The number of aliphatic imine (C=N–C) groups is 1. The average Bonchev–Trinajstić information content (AvgIpc) is 2.59. The van der Waals surface area contributed by atoms with Crippen LogP contribution in [0.15, 0.2) is 4.99 Å². The summed E-state index contributed by atoms with van der Waals surface area (Å²) in [7, 11) is 4.11. The van der Waals surface area contributed by atoms with Crippen LogP contribution in [0.2, 0.25) is 0 Å². The molecule has 5 heteroatoms. The van der Waals surface area contributed by atoms with Crippen LogP contribution in [-0.4, -0.2) is 51.1 Å². The molecule has 0 radical (unpaired) electrons. The van der Waals surface area contributed by atoms with Gasteiger partial charge >= 0.3 is 0 Å². The van der Waals surface area contributed by atoms with Crippen molar-refractivity contribution in [2.45, 2.75) is 64.2 Å². The highest BCUT2D eigenvalue weighted by molar-refractivity contribution is 14.0. The van der Waals surface area contributed by atoms with Crippen molar-refractivity contribution in [1.82, 2.24) is 15.5 Å². The Morgan fingerprint density at radius 3 is 2.21 bits per heavy atom. The Kier molecular flexibility index (Phi) is 12.1. The normalized spacial score (nSPS) is 21.3. The summed E-state index contributed by atoms with van der Waals surface area (Å²) < 4.78 is 0. The van der Waals surface area contributed by atoms with Crippen molar-refractivity contribution in [3.8, 4) is 0 Å². The van der Waals surface area contributed by atoms with Crippen LogP contribution < -0.4 is 10.6 Å². The van der Waals surface area contributed by atoms with Gasteiger partial charge < -0.3 is 15.5 Å². The second-order valence-electron chi connectivity index (χ2n) is 7.61. The van der Waals surface area contributed by atoms with Crippen LogP contribution in [0.25, 0.3) is 0 Å². The van der Waals surface area contributed by atoms with E-state index >= 15 is 0 Å². The molecular weight excluding hydrogens is 411 g/mol. The molecule has 2 N–H and O–H groups in total. The molecule has 0 aromatic carbocycles. The zero-order valence-corrected chi connectivity index (χ0v) is 18.2. The number of guanidine groups is 1. The van der Waals surface area contributed by atoms with Gasteiger partial charge in [0.05, 0.1) is 0 Å². The molecule has 4 nitrogen and oxygen atoms in total. The molecule has 0 unspecified atom stereocenters. The van der Waals surface area contributed by atoms with E-state index in [-0.39, 0.29) is 24.0 Å². The first-order chi connectivity index (χ1) is 11.3. The third-order valence-electron chi connectivity index (χ3n) is 5.71. The van der Waals surface area contributed by atoms with E-state index in [4.69, 9.17) is 0 Å². The first-order valence-electron chi connectivity index (χ1n) is 9.91. The molecule has 0 atom stereocenters. The maximum Gasteiger partial charge on any atom is 0.190 e. The molecule has 0 aromatic rings. The molecule has 0 amide bonds. The summed E-state index contributed by atoms with van der Waals surface area (Å²) in [6.07, 6.45) is 13.9. The van der Waals surface area contributed by atoms with Crippen molar-refractivity contribution in [3.63, 3.8) is 0 Å². The summed E-state index contributed by atoms with van der Waals surface area (Å²) in [5, 5.41) is 6.98. The lowest BCUT2D eigenvalue weighted by molar-refractivity contribution is 0.213. The molecule has 2 rings (SSSR count). The number of hydrogen-bond acceptors (Lipinski definition) is 2. The number of rotatable bonds is 7. The number of nitrogens with one attached hydrogen (secondary N) is 2. The standard InChI is InChI=1S/C19H38N4.HI/c1-20-19(21-13-6-9-17-7-4-3-5-8-17)22-14-10-18-11-15-23(2)16-12-18;/h17-18H,3-16H2,1-2H3,(H2,20,21,22);1H. The molecule has 142 valence electrons. The van der Waals surface area contributed by atoms with Crippen molar-refractivity contribution in [2.24, 2.45) is 16.8 Å². The van der Waals surface area contributed by atoms with Crippen molar-refractivity contribution >= 4 is 29.9 Å². The smallest absolute Gasteiger partial charge is 0.190 e. The average molecular weight is 450 g/mol. The Balaban J connectivity index is 0.00000288. The molecule has 0 bridgehead atoms. The zero-order chi connectivity index (χ0) is 16.3. The zero-order valence-electron chi connectivity index (χ0n) is 15.9. The van der Waals surface area contributed by atoms with E-state index in [0.29, 0.717) is 0 Å². The molecule has 1 aliphatic heterocycles. The second kappa shape index (κ2) is 13.2. The van der Waals surface area contributed by atoms with Crippen LogP contribution >= 0.6 is 24.0 Å². The number of nitrogens with zero attached hydrogens (tertiary/aromatic N) is 2. The lowest BCUT2D eigenvalue weighted by Gasteiger charge is -2.29. The number of hydrogen-bond donors (Lipinski definition) is 2. The summed E-state index contributed by atoms with van der Waals surface area (Å²) in [6.45, 7) is 4.64. The minimum absolute atomic E-state index is 0. The first-order valence-corrected chi connectivity index (χ1v) is 9.91. The molecular formula is C19H39IN4. The lowest BCUT2D eigenvalue weighted by atomic mass is 9.86. The summed E-state index contributed by atoms with van der Waals surface area (Å²) in [6, 6.07) is 0. The molecule has 1 aliphatic carbocycles. The van der Waals surface area contributed by atoms with Gasteiger partial charge in [-0.05, 0) is 64.1 Å². The highest BCUT2D eigenvalue weighted by Crippen LogP contribution is 2.26. The number of likely N-dealkylation sites (tertiary alicyclic amines) is 1. The van der Waals surface area contributed by atoms with Gasteiger partial charge in [-0.15, -0.1) is 24.0 Å². The topological polar surface area (TPSA) is 39.7 Å². The summed E-state index contributed by atoms with van der Waals surface area (Å²) in [5.41, 5.74) is 0. The van der Waals surface area contributed by atoms with Gasteiger partial charge in [-0.25, -0.2) is 0 Å². The molecule has 1 saturated heterocycles. The van der Waals surface area contributed by atoms with Gasteiger partial charge in [0.15, 0.2) is 5.96 Å². The van der Waals surface area contributed by atoms with E-state index in [0.717, 1.165) is 30.9 Å². The van der Waals surface area contributed by atoms with Crippen molar-refractivity contribution in [1.29, 1.82) is 0 Å². The molecule has 0 aromatic heterocycles. The van der Waals surface area contributed by atoms with E-state index in [1.54, 1.807) is 0 Å². The maximum atomic E-state index is 4.35. The van der Waals surface area contributed by atoms with Gasteiger partial charge in [0.1, 0.15) is 0 Å². The summed E-state index contributed by atoms with van der Waals surface area (Å²) >= 11 is 0. The van der Waals surface area contributed by atoms with Gasteiger partial charge in [0, 0.05) is 20.1 Å². The molecule has 1 heterocycles. The van der Waals surface area contributed by atoms with Gasteiger partial charge in [-0.1, -0.05) is 32.1 Å². The Labute approximate surface area is 166 Å². The molecule has 2 fully saturated rings. The predicted molar refractivity (Wildman–Crippen MR) is 115 cm³/mol. The minimum atomic E-state index is 0. The van der Waals surface area contributed by atoms with E-state index in [2.05, 4.69) is 27.6 Å². The van der Waals surface area contributed by atoms with Crippen LogP contribution in [0.5, 0.6) is 0 Å². The summed E-state index contributed by atoms with van der Waals surface area (Å²) in [4.78, 5) is 6.79. The first kappa shape index (κ1) is 22.0. The van der Waals surface area contributed by atoms with E-state index < -0.39 is 0 Å². The quantitative estimate of drug-likeness (QED) is 0.268. The van der Waals surface area contributed by atoms with Crippen LogP contribution in [0, 0.1) is 11.8 Å². The highest BCUT2D eigenvalue weighted by Gasteiger charge is 2.16. The Bertz CT molecular complexity index is 334. The van der Waals surface area contributed by atoms with Gasteiger partial charge in [-0.2, -0.15) is 0 Å². The monoisotopic (exact) mass is 450 g/mol. The third kappa shape index (κ3) is 8.88. The van der Waals surface area contributed by atoms with Crippen LogP contribution in [0.1, 0.15) is 64.2 Å². The molecule has 0 spiro atoms. The van der Waals surface area contributed by atoms with E-state index in [1.165, 1.54) is 77.3 Å². The Hall–Kier alpha value is -0.0400. The lowest BCUT2D eigenvalue weighted by Crippen LogP contribution is -2.39. The van der Waals surface area contributed by atoms with Crippen molar-refractivity contribution in [2.75, 3.05) is 40.3 Å². The highest BCUT2D eigenvalue weighted by atomic mass is 127. The molecule has 1 saturated carbocycles. The number of piperidine rings is 1. The Morgan fingerprint density at radius 2 is 1.54 bits per heavy atom. The fourth-order valence-electron chi connectivity index (χ4n) is 4.04. The third-order valence-corrected chi connectivity index (χ3v) is 5.71. The van der Waals surface area contributed by atoms with E-state index in [1.807, 2.05) is 7.05 Å². The Morgan fingerprint density at radius 1 is 0.917 bits per heavy atom. The van der Waals surface area contributed by atoms with Gasteiger partial charge in [-0.3, -0.25) is 4.99 Å². The largest absolute Gasteiger partial charge is 0.356 e. The van der Waals surface area contributed by atoms with Gasteiger partial charge in [0.2, 0.25) is 0 Å². The number of halogens is 1.